The topological polar surface area (TPSA) is 43.6 Å². The van der Waals surface area contributed by atoms with Crippen LogP contribution in [0.25, 0.3) is 71.9 Å². The minimum atomic E-state index is 0.814. The number of hydrogen-bond acceptors (Lipinski definition) is 3. The Morgan fingerprint density at radius 1 is 0.513 bits per heavy atom. The third-order valence-corrected chi connectivity index (χ3v) is 7.43. The Labute approximate surface area is 224 Å². The van der Waals surface area contributed by atoms with Crippen LogP contribution in [0.2, 0.25) is 0 Å². The maximum absolute atomic E-state index is 5.12. The Hall–Kier alpha value is -5.35. The first-order valence-electron chi connectivity index (χ1n) is 13.0. The van der Waals surface area contributed by atoms with Gasteiger partial charge in [-0.15, -0.1) is 0 Å². The molecule has 3 aromatic heterocycles. The van der Waals surface area contributed by atoms with Gasteiger partial charge in [0.05, 0.1) is 22.2 Å². The van der Waals surface area contributed by atoms with Gasteiger partial charge in [0.1, 0.15) is 5.69 Å². The fourth-order valence-corrected chi connectivity index (χ4v) is 5.64. The summed E-state index contributed by atoms with van der Waals surface area (Å²) in [4.78, 5) is 15.0. The molecule has 0 bridgehead atoms. The summed E-state index contributed by atoms with van der Waals surface area (Å²) in [7, 11) is 0. The standard InChI is InChI=1S/C35H22N4/c1-2-11-25(12-3-1)39-32-17-9-8-16-30(32)38-35(39)31-21-19-24(22-36-31)34-28-20-18-23-10-4-5-13-26(23)33(28)27-14-6-7-15-29(27)37-34/h1-22H. The smallest absolute Gasteiger partial charge is 0.164 e. The Balaban J connectivity index is 1.34. The number of aromatic nitrogens is 4. The number of rotatable bonds is 3. The minimum absolute atomic E-state index is 0.814. The highest BCUT2D eigenvalue weighted by atomic mass is 15.1. The second kappa shape index (κ2) is 8.61. The van der Waals surface area contributed by atoms with Crippen LogP contribution >= 0.6 is 0 Å². The van der Waals surface area contributed by atoms with Gasteiger partial charge in [-0.05, 0) is 53.2 Å². The van der Waals surface area contributed by atoms with Crippen LogP contribution in [0.4, 0.5) is 0 Å². The Bertz CT molecular complexity index is 2140. The Kier molecular flexibility index (Phi) is 4.79. The molecule has 0 N–H and O–H groups in total. The average Bonchev–Trinajstić information content (AvgIpc) is 3.40. The largest absolute Gasteiger partial charge is 0.291 e. The maximum Gasteiger partial charge on any atom is 0.164 e. The quantitative estimate of drug-likeness (QED) is 0.229. The van der Waals surface area contributed by atoms with Gasteiger partial charge in [0, 0.05) is 33.6 Å². The third kappa shape index (κ3) is 3.42. The van der Waals surface area contributed by atoms with Crippen molar-refractivity contribution >= 4 is 43.5 Å². The van der Waals surface area contributed by atoms with E-state index in [2.05, 4.69) is 89.5 Å². The van der Waals surface area contributed by atoms with Crippen LogP contribution in [0.3, 0.4) is 0 Å². The van der Waals surface area contributed by atoms with Gasteiger partial charge in [0.2, 0.25) is 0 Å². The predicted molar refractivity (Wildman–Crippen MR) is 160 cm³/mol. The molecule has 0 atom stereocenters. The molecule has 8 rings (SSSR count). The summed E-state index contributed by atoms with van der Waals surface area (Å²) in [6.07, 6.45) is 1.93. The van der Waals surface area contributed by atoms with Gasteiger partial charge in [-0.2, -0.15) is 0 Å². The van der Waals surface area contributed by atoms with Crippen molar-refractivity contribution in [3.05, 3.63) is 134 Å². The van der Waals surface area contributed by atoms with E-state index >= 15 is 0 Å². The van der Waals surface area contributed by atoms with Gasteiger partial charge < -0.3 is 0 Å². The normalized spacial score (nSPS) is 11.6. The highest BCUT2D eigenvalue weighted by Crippen LogP contribution is 2.37. The predicted octanol–water partition coefficient (Wildman–Crippen LogP) is 8.61. The van der Waals surface area contributed by atoms with Crippen molar-refractivity contribution in [1.29, 1.82) is 0 Å². The van der Waals surface area contributed by atoms with E-state index in [4.69, 9.17) is 15.0 Å². The van der Waals surface area contributed by atoms with Crippen molar-refractivity contribution in [2.75, 3.05) is 0 Å². The van der Waals surface area contributed by atoms with Crippen LogP contribution in [0.1, 0.15) is 0 Å². The first-order valence-corrected chi connectivity index (χ1v) is 13.0. The Morgan fingerprint density at radius 2 is 1.26 bits per heavy atom. The lowest BCUT2D eigenvalue weighted by molar-refractivity contribution is 1.08. The zero-order chi connectivity index (χ0) is 25.8. The van der Waals surface area contributed by atoms with E-state index in [1.54, 1.807) is 0 Å². The fraction of sp³-hybridized carbons (Fsp3) is 0. The van der Waals surface area contributed by atoms with E-state index in [0.717, 1.165) is 55.8 Å². The third-order valence-electron chi connectivity index (χ3n) is 7.43. The van der Waals surface area contributed by atoms with Crippen LogP contribution in [0.15, 0.2) is 134 Å². The van der Waals surface area contributed by atoms with E-state index in [1.165, 1.54) is 16.2 Å². The molecular weight excluding hydrogens is 476 g/mol. The molecule has 3 heterocycles. The van der Waals surface area contributed by atoms with Crippen molar-refractivity contribution in [2.45, 2.75) is 0 Å². The number of hydrogen-bond donors (Lipinski definition) is 0. The van der Waals surface area contributed by atoms with Crippen molar-refractivity contribution in [3.8, 4) is 28.5 Å². The second-order valence-electron chi connectivity index (χ2n) is 9.71. The molecule has 39 heavy (non-hydrogen) atoms. The lowest BCUT2D eigenvalue weighted by atomic mass is 9.95. The second-order valence-corrected chi connectivity index (χ2v) is 9.71. The minimum Gasteiger partial charge on any atom is -0.291 e. The zero-order valence-electron chi connectivity index (χ0n) is 21.0. The molecule has 182 valence electrons. The van der Waals surface area contributed by atoms with E-state index in [9.17, 15) is 0 Å². The number of fused-ring (bicyclic) bond motifs is 6. The van der Waals surface area contributed by atoms with Gasteiger partial charge in [0.15, 0.2) is 5.82 Å². The number of benzene rings is 5. The van der Waals surface area contributed by atoms with Crippen LogP contribution in [0, 0.1) is 0 Å². The van der Waals surface area contributed by atoms with E-state index in [0.29, 0.717) is 0 Å². The fourth-order valence-electron chi connectivity index (χ4n) is 5.64. The summed E-state index contributed by atoms with van der Waals surface area (Å²) in [5.74, 6) is 0.816. The molecule has 0 amide bonds. The van der Waals surface area contributed by atoms with Gasteiger partial charge in [0.25, 0.3) is 0 Å². The zero-order valence-corrected chi connectivity index (χ0v) is 21.0. The first-order chi connectivity index (χ1) is 19.3. The lowest BCUT2D eigenvalue weighted by Gasteiger charge is -2.13. The SMILES string of the molecule is c1ccc(-n2c(-c3ccc(-c4nc5ccccc5c5c4ccc4ccccc45)cn3)nc3ccccc32)cc1. The average molecular weight is 499 g/mol. The van der Waals surface area contributed by atoms with E-state index in [-0.39, 0.29) is 0 Å². The van der Waals surface area contributed by atoms with Gasteiger partial charge in [-0.25, -0.2) is 9.97 Å². The van der Waals surface area contributed by atoms with Crippen molar-refractivity contribution in [3.63, 3.8) is 0 Å². The molecule has 5 aromatic carbocycles. The summed E-state index contributed by atoms with van der Waals surface area (Å²) in [6.45, 7) is 0. The summed E-state index contributed by atoms with van der Waals surface area (Å²) < 4.78 is 2.17. The van der Waals surface area contributed by atoms with Crippen LogP contribution in [-0.4, -0.2) is 19.5 Å². The summed E-state index contributed by atoms with van der Waals surface area (Å²) >= 11 is 0. The molecule has 0 spiro atoms. The molecule has 4 nitrogen and oxygen atoms in total. The van der Waals surface area contributed by atoms with Crippen LogP contribution in [-0.2, 0) is 0 Å². The number of para-hydroxylation sites is 4. The molecule has 0 radical (unpaired) electrons. The molecule has 0 aliphatic rings. The van der Waals surface area contributed by atoms with Crippen LogP contribution in [0.5, 0.6) is 0 Å². The van der Waals surface area contributed by atoms with Crippen LogP contribution < -0.4 is 0 Å². The molecule has 0 saturated carbocycles. The molecule has 0 aliphatic heterocycles. The molecule has 0 unspecified atom stereocenters. The Morgan fingerprint density at radius 3 is 2.10 bits per heavy atom. The van der Waals surface area contributed by atoms with E-state index in [1.807, 2.05) is 48.7 Å². The molecule has 0 aliphatic carbocycles. The summed E-state index contributed by atoms with van der Waals surface area (Å²) in [6, 6.07) is 44.0. The molecule has 0 saturated heterocycles. The van der Waals surface area contributed by atoms with Gasteiger partial charge in [-0.1, -0.05) is 84.9 Å². The molecular formula is C35H22N4. The van der Waals surface area contributed by atoms with Gasteiger partial charge >= 0.3 is 0 Å². The van der Waals surface area contributed by atoms with Crippen molar-refractivity contribution in [1.82, 2.24) is 19.5 Å². The highest BCUT2D eigenvalue weighted by molar-refractivity contribution is 6.22. The molecule has 4 heteroatoms. The maximum atomic E-state index is 5.12. The monoisotopic (exact) mass is 498 g/mol. The number of nitrogens with zero attached hydrogens (tertiary/aromatic N) is 4. The molecule has 0 fully saturated rings. The van der Waals surface area contributed by atoms with E-state index < -0.39 is 0 Å². The number of imidazole rings is 1. The molecule has 8 aromatic rings. The van der Waals surface area contributed by atoms with Crippen molar-refractivity contribution < 1.29 is 0 Å². The van der Waals surface area contributed by atoms with Gasteiger partial charge in [-0.3, -0.25) is 9.55 Å². The van der Waals surface area contributed by atoms with Crippen molar-refractivity contribution in [2.24, 2.45) is 0 Å². The lowest BCUT2D eigenvalue weighted by Crippen LogP contribution is -1.99. The summed E-state index contributed by atoms with van der Waals surface area (Å²) in [5, 5.41) is 5.97. The summed E-state index contributed by atoms with van der Waals surface area (Å²) in [5.41, 5.74) is 6.76. The number of pyridine rings is 2. The highest BCUT2D eigenvalue weighted by Gasteiger charge is 2.17. The first kappa shape index (κ1) is 21.7.